The third-order valence-electron chi connectivity index (χ3n) is 4.99. The fourth-order valence-electron chi connectivity index (χ4n) is 3.94. The molecule has 2 unspecified atom stereocenters. The van der Waals surface area contributed by atoms with Gasteiger partial charge in [-0.3, -0.25) is 4.90 Å². The first-order valence-corrected chi connectivity index (χ1v) is 8.29. The molecule has 2 atom stereocenters. The summed E-state index contributed by atoms with van der Waals surface area (Å²) in [5.41, 5.74) is 0.786. The van der Waals surface area contributed by atoms with Gasteiger partial charge in [-0.15, -0.1) is 0 Å². The minimum absolute atomic E-state index is 0.320. The number of benzene rings is 1. The van der Waals surface area contributed by atoms with E-state index in [1.807, 2.05) is 0 Å². The highest BCUT2D eigenvalue weighted by Gasteiger charge is 2.45. The molecule has 4 nitrogen and oxygen atoms in total. The van der Waals surface area contributed by atoms with Gasteiger partial charge >= 0.3 is 0 Å². The van der Waals surface area contributed by atoms with Crippen LogP contribution in [0.5, 0.6) is 0 Å². The van der Waals surface area contributed by atoms with E-state index >= 15 is 0 Å². The summed E-state index contributed by atoms with van der Waals surface area (Å²) in [6.45, 7) is 3.14. The Morgan fingerprint density at radius 2 is 1.91 bits per heavy atom. The van der Waals surface area contributed by atoms with Crippen LogP contribution in [0.15, 0.2) is 30.3 Å². The van der Waals surface area contributed by atoms with Gasteiger partial charge in [0.1, 0.15) is 0 Å². The van der Waals surface area contributed by atoms with Crippen LogP contribution >= 0.6 is 0 Å². The maximum atomic E-state index is 10.9. The van der Waals surface area contributed by atoms with Crippen LogP contribution in [0, 0.1) is 0 Å². The molecule has 2 heterocycles. The summed E-state index contributed by atoms with van der Waals surface area (Å²) in [5, 5.41) is 10.9. The molecule has 0 amide bonds. The van der Waals surface area contributed by atoms with E-state index in [1.165, 1.54) is 5.56 Å². The van der Waals surface area contributed by atoms with E-state index in [0.717, 1.165) is 52.0 Å². The molecule has 2 aliphatic rings. The molecule has 2 aliphatic heterocycles. The Labute approximate surface area is 133 Å². The van der Waals surface area contributed by atoms with Crippen molar-refractivity contribution in [3.05, 3.63) is 35.9 Å². The highest BCUT2D eigenvalue weighted by atomic mass is 16.5. The molecule has 1 N–H and O–H groups in total. The lowest BCUT2D eigenvalue weighted by Crippen LogP contribution is -2.61. The molecule has 22 heavy (non-hydrogen) atoms. The number of hydrogen-bond donors (Lipinski definition) is 1. The van der Waals surface area contributed by atoms with E-state index in [9.17, 15) is 5.11 Å². The molecular formula is C18H27NO3. The minimum atomic E-state index is -0.551. The fourth-order valence-corrected chi connectivity index (χ4v) is 3.94. The Morgan fingerprint density at radius 3 is 2.55 bits per heavy atom. The molecule has 0 aliphatic carbocycles. The van der Waals surface area contributed by atoms with Gasteiger partial charge in [0.05, 0.1) is 18.8 Å². The predicted octanol–water partition coefficient (Wildman–Crippen LogP) is 2.21. The first-order chi connectivity index (χ1) is 10.7. The second-order valence-corrected chi connectivity index (χ2v) is 6.73. The standard InChI is InChI=1S/C18H27NO3/c1-21-9-5-8-18(20)10-16-13-22-14-17(11-18)19(16)12-15-6-3-2-4-7-15/h2-4,6-7,16-17,20H,5,8-14H2,1H3. The van der Waals surface area contributed by atoms with Crippen molar-refractivity contribution >= 4 is 0 Å². The Bertz CT molecular complexity index is 451. The molecule has 0 aromatic heterocycles. The van der Waals surface area contributed by atoms with E-state index in [4.69, 9.17) is 9.47 Å². The van der Waals surface area contributed by atoms with Crippen molar-refractivity contribution in [2.45, 2.75) is 49.9 Å². The van der Waals surface area contributed by atoms with Crippen molar-refractivity contribution in [3.8, 4) is 0 Å². The second kappa shape index (κ2) is 7.09. The number of hydrogen-bond acceptors (Lipinski definition) is 4. The van der Waals surface area contributed by atoms with Gasteiger partial charge in [-0.2, -0.15) is 0 Å². The van der Waals surface area contributed by atoms with Crippen molar-refractivity contribution < 1.29 is 14.6 Å². The summed E-state index contributed by atoms with van der Waals surface area (Å²) >= 11 is 0. The molecule has 4 heteroatoms. The van der Waals surface area contributed by atoms with E-state index in [0.29, 0.717) is 12.1 Å². The molecule has 1 aromatic rings. The molecule has 2 bridgehead atoms. The van der Waals surface area contributed by atoms with E-state index in [-0.39, 0.29) is 0 Å². The Balaban J connectivity index is 1.65. The van der Waals surface area contributed by atoms with Gasteiger partial charge in [-0.25, -0.2) is 0 Å². The monoisotopic (exact) mass is 305 g/mol. The average Bonchev–Trinajstić information content (AvgIpc) is 2.50. The summed E-state index contributed by atoms with van der Waals surface area (Å²) in [6, 6.07) is 11.2. The summed E-state index contributed by atoms with van der Waals surface area (Å²) in [4.78, 5) is 2.53. The van der Waals surface area contributed by atoms with Gasteiger partial charge in [0, 0.05) is 32.3 Å². The SMILES string of the molecule is COCCCC1(O)CC2COCC(C1)N2Cc1ccccc1. The van der Waals surface area contributed by atoms with Crippen LogP contribution in [-0.4, -0.2) is 54.6 Å². The van der Waals surface area contributed by atoms with E-state index < -0.39 is 5.60 Å². The molecule has 122 valence electrons. The highest BCUT2D eigenvalue weighted by molar-refractivity contribution is 5.15. The van der Waals surface area contributed by atoms with E-state index in [2.05, 4.69) is 35.2 Å². The molecule has 3 rings (SSSR count). The molecule has 0 saturated carbocycles. The molecule has 2 saturated heterocycles. The van der Waals surface area contributed by atoms with Crippen LogP contribution in [-0.2, 0) is 16.0 Å². The zero-order valence-corrected chi connectivity index (χ0v) is 13.4. The number of piperidine rings is 1. The minimum Gasteiger partial charge on any atom is -0.390 e. The number of fused-ring (bicyclic) bond motifs is 2. The highest BCUT2D eigenvalue weighted by Crippen LogP contribution is 2.37. The van der Waals surface area contributed by atoms with Crippen LogP contribution in [0.3, 0.4) is 0 Å². The summed E-state index contributed by atoms with van der Waals surface area (Å²) in [6.07, 6.45) is 3.36. The van der Waals surface area contributed by atoms with Crippen LogP contribution in [0.2, 0.25) is 0 Å². The number of rotatable bonds is 6. The van der Waals surface area contributed by atoms with Crippen LogP contribution in [0.25, 0.3) is 0 Å². The Morgan fingerprint density at radius 1 is 1.23 bits per heavy atom. The summed E-state index contributed by atoms with van der Waals surface area (Å²) < 4.78 is 10.9. The van der Waals surface area contributed by atoms with Gasteiger partial charge in [0.25, 0.3) is 0 Å². The first kappa shape index (κ1) is 15.9. The van der Waals surface area contributed by atoms with Gasteiger partial charge < -0.3 is 14.6 Å². The summed E-state index contributed by atoms with van der Waals surface area (Å²) in [7, 11) is 1.72. The lowest BCUT2D eigenvalue weighted by atomic mass is 9.78. The van der Waals surface area contributed by atoms with Gasteiger partial charge in [-0.05, 0) is 31.2 Å². The van der Waals surface area contributed by atoms with Crippen molar-refractivity contribution in [1.82, 2.24) is 4.90 Å². The zero-order chi connectivity index (χ0) is 15.4. The maximum Gasteiger partial charge on any atom is 0.0680 e. The van der Waals surface area contributed by atoms with Crippen LogP contribution in [0.1, 0.15) is 31.2 Å². The molecule has 0 spiro atoms. The second-order valence-electron chi connectivity index (χ2n) is 6.73. The quantitative estimate of drug-likeness (QED) is 0.818. The average molecular weight is 305 g/mol. The maximum absolute atomic E-state index is 10.9. The van der Waals surface area contributed by atoms with Crippen molar-refractivity contribution in [1.29, 1.82) is 0 Å². The number of nitrogens with zero attached hydrogens (tertiary/aromatic N) is 1. The zero-order valence-electron chi connectivity index (χ0n) is 13.4. The van der Waals surface area contributed by atoms with Gasteiger partial charge in [0.2, 0.25) is 0 Å². The van der Waals surface area contributed by atoms with Gasteiger partial charge in [0.15, 0.2) is 0 Å². The van der Waals surface area contributed by atoms with E-state index in [1.54, 1.807) is 7.11 Å². The largest absolute Gasteiger partial charge is 0.390 e. The fraction of sp³-hybridized carbons (Fsp3) is 0.667. The smallest absolute Gasteiger partial charge is 0.0680 e. The number of methoxy groups -OCH3 is 1. The Kier molecular flexibility index (Phi) is 5.14. The normalized spacial score (nSPS) is 32.1. The molecule has 0 radical (unpaired) electrons. The van der Waals surface area contributed by atoms with Crippen LogP contribution in [0.4, 0.5) is 0 Å². The molecular weight excluding hydrogens is 278 g/mol. The number of ether oxygens (including phenoxy) is 2. The molecule has 2 fully saturated rings. The predicted molar refractivity (Wildman–Crippen MR) is 85.7 cm³/mol. The summed E-state index contributed by atoms with van der Waals surface area (Å²) in [5.74, 6) is 0. The number of morpholine rings is 1. The van der Waals surface area contributed by atoms with Crippen LogP contribution < -0.4 is 0 Å². The lowest BCUT2D eigenvalue weighted by molar-refractivity contribution is -0.149. The van der Waals surface area contributed by atoms with Crippen molar-refractivity contribution in [2.24, 2.45) is 0 Å². The van der Waals surface area contributed by atoms with Gasteiger partial charge in [-0.1, -0.05) is 30.3 Å². The first-order valence-electron chi connectivity index (χ1n) is 8.29. The Hall–Kier alpha value is -0.940. The third kappa shape index (κ3) is 3.69. The third-order valence-corrected chi connectivity index (χ3v) is 4.99. The number of aliphatic hydroxyl groups is 1. The van der Waals surface area contributed by atoms with Crippen molar-refractivity contribution in [3.63, 3.8) is 0 Å². The molecule has 1 aromatic carbocycles. The lowest BCUT2D eigenvalue weighted by Gasteiger charge is -2.52. The van der Waals surface area contributed by atoms with Crippen molar-refractivity contribution in [2.75, 3.05) is 26.9 Å². The topological polar surface area (TPSA) is 41.9 Å².